The van der Waals surface area contributed by atoms with E-state index >= 15 is 0 Å². The molecule has 1 saturated heterocycles. The molecule has 1 aliphatic heterocycles. The number of hydrogen-bond donors (Lipinski definition) is 1. The predicted molar refractivity (Wildman–Crippen MR) is 91.7 cm³/mol. The maximum atomic E-state index is 12.1. The molecule has 0 spiro atoms. The summed E-state index contributed by atoms with van der Waals surface area (Å²) in [7, 11) is 0. The van der Waals surface area contributed by atoms with E-state index in [1.807, 2.05) is 18.7 Å². The normalized spacial score (nSPS) is 22.2. The van der Waals surface area contributed by atoms with Gasteiger partial charge in [0.2, 0.25) is 5.91 Å². The van der Waals surface area contributed by atoms with Gasteiger partial charge < -0.3 is 10.2 Å². The van der Waals surface area contributed by atoms with Gasteiger partial charge in [0.15, 0.2) is 0 Å². The summed E-state index contributed by atoms with van der Waals surface area (Å²) in [4.78, 5) is 14.2. The lowest BCUT2D eigenvalue weighted by Gasteiger charge is -2.38. The molecule has 22 heavy (non-hydrogen) atoms. The Bertz CT molecular complexity index is 524. The van der Waals surface area contributed by atoms with Gasteiger partial charge in [-0.2, -0.15) is 0 Å². The Kier molecular flexibility index (Phi) is 5.63. The first-order valence-electron chi connectivity index (χ1n) is 8.47. The van der Waals surface area contributed by atoms with Gasteiger partial charge in [-0.15, -0.1) is 0 Å². The van der Waals surface area contributed by atoms with E-state index in [0.29, 0.717) is 17.9 Å². The van der Waals surface area contributed by atoms with Gasteiger partial charge in [-0.25, -0.2) is 0 Å². The number of carbonyl (C=O) groups is 1. The molecular weight excluding hydrogens is 272 g/mol. The molecule has 1 N–H and O–H groups in total. The lowest BCUT2D eigenvalue weighted by Crippen LogP contribution is -2.50. The molecule has 2 rings (SSSR count). The Labute approximate surface area is 135 Å². The molecule has 0 bridgehead atoms. The van der Waals surface area contributed by atoms with E-state index in [1.165, 1.54) is 16.7 Å². The predicted octanol–water partition coefficient (Wildman–Crippen LogP) is 3.29. The van der Waals surface area contributed by atoms with E-state index in [1.54, 1.807) is 0 Å². The topological polar surface area (TPSA) is 32.3 Å². The van der Waals surface area contributed by atoms with Gasteiger partial charge in [-0.1, -0.05) is 39.0 Å². The van der Waals surface area contributed by atoms with E-state index in [0.717, 1.165) is 26.1 Å². The molecule has 1 amide bonds. The first-order chi connectivity index (χ1) is 10.4. The van der Waals surface area contributed by atoms with Crippen LogP contribution >= 0.6 is 0 Å². The third-order valence-corrected chi connectivity index (χ3v) is 4.98. The van der Waals surface area contributed by atoms with Gasteiger partial charge in [-0.05, 0) is 42.9 Å². The van der Waals surface area contributed by atoms with E-state index in [4.69, 9.17) is 0 Å². The van der Waals surface area contributed by atoms with Crippen LogP contribution in [0.2, 0.25) is 0 Å². The van der Waals surface area contributed by atoms with E-state index in [9.17, 15) is 4.79 Å². The van der Waals surface area contributed by atoms with Gasteiger partial charge >= 0.3 is 0 Å². The van der Waals surface area contributed by atoms with Crippen LogP contribution in [-0.4, -0.2) is 29.9 Å². The highest BCUT2D eigenvalue weighted by Gasteiger charge is 2.29. The molecule has 0 unspecified atom stereocenters. The molecule has 3 heteroatoms. The van der Waals surface area contributed by atoms with Gasteiger partial charge in [0.25, 0.3) is 0 Å². The molecule has 1 heterocycles. The van der Waals surface area contributed by atoms with Crippen molar-refractivity contribution < 1.29 is 4.79 Å². The summed E-state index contributed by atoms with van der Waals surface area (Å²) >= 11 is 0. The highest BCUT2D eigenvalue weighted by Crippen LogP contribution is 2.20. The Morgan fingerprint density at radius 1 is 1.36 bits per heavy atom. The SMILES string of the molecule is Cc1cccc(CN[C@@H]2CCN(C(=O)C(C)C)C[C@H]2C)c1C. The minimum Gasteiger partial charge on any atom is -0.342 e. The number of likely N-dealkylation sites (tertiary alicyclic amines) is 1. The van der Waals surface area contributed by atoms with Crippen molar-refractivity contribution in [1.82, 2.24) is 10.2 Å². The van der Waals surface area contributed by atoms with Crippen LogP contribution in [0.1, 0.15) is 43.9 Å². The molecular formula is C19H30N2O. The molecule has 1 fully saturated rings. The van der Waals surface area contributed by atoms with Crippen LogP contribution < -0.4 is 5.32 Å². The fourth-order valence-corrected chi connectivity index (χ4v) is 3.26. The van der Waals surface area contributed by atoms with Crippen molar-refractivity contribution in [3.8, 4) is 0 Å². The largest absolute Gasteiger partial charge is 0.342 e. The molecule has 0 radical (unpaired) electrons. The zero-order chi connectivity index (χ0) is 16.3. The van der Waals surface area contributed by atoms with Crippen molar-refractivity contribution >= 4 is 5.91 Å². The van der Waals surface area contributed by atoms with Crippen molar-refractivity contribution in [3.05, 3.63) is 34.9 Å². The van der Waals surface area contributed by atoms with Crippen molar-refractivity contribution in [3.63, 3.8) is 0 Å². The standard InChI is InChI=1S/C19H30N2O/c1-13(2)19(22)21-10-9-18(15(4)12-21)20-11-17-8-6-7-14(3)16(17)5/h6-8,13,15,18,20H,9-12H2,1-5H3/t15-,18-/m1/s1. The molecule has 1 aromatic rings. The zero-order valence-electron chi connectivity index (χ0n) is 14.6. The third kappa shape index (κ3) is 3.89. The zero-order valence-corrected chi connectivity index (χ0v) is 14.6. The number of rotatable bonds is 4. The summed E-state index contributed by atoms with van der Waals surface area (Å²) in [6, 6.07) is 7.00. The van der Waals surface area contributed by atoms with Crippen molar-refractivity contribution in [2.45, 2.75) is 53.6 Å². The van der Waals surface area contributed by atoms with Crippen LogP contribution in [0.5, 0.6) is 0 Å². The summed E-state index contributed by atoms with van der Waals surface area (Å²) < 4.78 is 0. The number of nitrogens with zero attached hydrogens (tertiary/aromatic N) is 1. The minimum absolute atomic E-state index is 0.103. The molecule has 0 aliphatic carbocycles. The molecule has 0 saturated carbocycles. The van der Waals surface area contributed by atoms with Gasteiger partial charge in [0.1, 0.15) is 0 Å². The van der Waals surface area contributed by atoms with Crippen molar-refractivity contribution in [1.29, 1.82) is 0 Å². The summed E-state index contributed by atoms with van der Waals surface area (Å²) in [5.74, 6) is 0.896. The van der Waals surface area contributed by atoms with Crippen LogP contribution in [0, 0.1) is 25.7 Å². The maximum absolute atomic E-state index is 12.1. The van der Waals surface area contributed by atoms with Crippen LogP contribution in [0.15, 0.2) is 18.2 Å². The minimum atomic E-state index is 0.103. The molecule has 3 nitrogen and oxygen atoms in total. The Balaban J connectivity index is 1.90. The van der Waals surface area contributed by atoms with E-state index in [2.05, 4.69) is 44.3 Å². The summed E-state index contributed by atoms with van der Waals surface area (Å²) in [6.45, 7) is 13.3. The highest BCUT2D eigenvalue weighted by molar-refractivity contribution is 5.78. The average Bonchev–Trinajstić information content (AvgIpc) is 2.49. The van der Waals surface area contributed by atoms with Crippen molar-refractivity contribution in [2.75, 3.05) is 13.1 Å². The number of amides is 1. The Morgan fingerprint density at radius 3 is 2.73 bits per heavy atom. The van der Waals surface area contributed by atoms with E-state index < -0.39 is 0 Å². The van der Waals surface area contributed by atoms with E-state index in [-0.39, 0.29) is 5.92 Å². The average molecular weight is 302 g/mol. The molecule has 122 valence electrons. The fraction of sp³-hybridized carbons (Fsp3) is 0.632. The Morgan fingerprint density at radius 2 is 2.09 bits per heavy atom. The van der Waals surface area contributed by atoms with Gasteiger partial charge in [0.05, 0.1) is 0 Å². The number of aryl methyl sites for hydroxylation is 1. The first kappa shape index (κ1) is 17.0. The second kappa shape index (κ2) is 7.28. The molecule has 2 atom stereocenters. The highest BCUT2D eigenvalue weighted by atomic mass is 16.2. The van der Waals surface area contributed by atoms with Gasteiger partial charge in [0, 0.05) is 31.6 Å². The Hall–Kier alpha value is -1.35. The molecule has 1 aliphatic rings. The van der Waals surface area contributed by atoms with Crippen LogP contribution in [0.4, 0.5) is 0 Å². The number of hydrogen-bond acceptors (Lipinski definition) is 2. The summed E-state index contributed by atoms with van der Waals surface area (Å²) in [5.41, 5.74) is 4.12. The first-order valence-corrected chi connectivity index (χ1v) is 8.47. The molecule has 0 aromatic heterocycles. The number of benzene rings is 1. The van der Waals surface area contributed by atoms with Crippen LogP contribution in [0.3, 0.4) is 0 Å². The number of nitrogens with one attached hydrogen (secondary N) is 1. The lowest BCUT2D eigenvalue weighted by molar-refractivity contribution is -0.136. The fourth-order valence-electron chi connectivity index (χ4n) is 3.26. The second-order valence-corrected chi connectivity index (χ2v) is 7.05. The smallest absolute Gasteiger partial charge is 0.225 e. The van der Waals surface area contributed by atoms with Gasteiger partial charge in [-0.3, -0.25) is 4.79 Å². The molecule has 1 aromatic carbocycles. The van der Waals surface area contributed by atoms with Crippen molar-refractivity contribution in [2.24, 2.45) is 11.8 Å². The summed E-state index contributed by atoms with van der Waals surface area (Å²) in [5, 5.41) is 3.71. The number of carbonyl (C=O) groups excluding carboxylic acids is 1. The maximum Gasteiger partial charge on any atom is 0.225 e. The number of piperidine rings is 1. The second-order valence-electron chi connectivity index (χ2n) is 7.05. The quantitative estimate of drug-likeness (QED) is 0.925. The monoisotopic (exact) mass is 302 g/mol. The third-order valence-electron chi connectivity index (χ3n) is 4.98. The summed E-state index contributed by atoms with van der Waals surface area (Å²) in [6.07, 6.45) is 1.05. The van der Waals surface area contributed by atoms with Crippen LogP contribution in [0.25, 0.3) is 0 Å². The lowest BCUT2D eigenvalue weighted by atomic mass is 9.92. The van der Waals surface area contributed by atoms with Crippen LogP contribution in [-0.2, 0) is 11.3 Å².